The van der Waals surface area contributed by atoms with Crippen LogP contribution in [0.4, 0.5) is 0 Å². The van der Waals surface area contributed by atoms with Crippen LogP contribution >= 0.6 is 0 Å². The molecule has 0 aromatic carbocycles. The first kappa shape index (κ1) is 24.2. The van der Waals surface area contributed by atoms with E-state index in [0.29, 0.717) is 18.1 Å². The van der Waals surface area contributed by atoms with Crippen molar-refractivity contribution in [3.63, 3.8) is 0 Å². The molecular formula is C27H45NO4. The lowest BCUT2D eigenvalue weighted by molar-refractivity contribution is -0.143. The van der Waals surface area contributed by atoms with Gasteiger partial charge in [0.2, 0.25) is 11.8 Å². The quantitative estimate of drug-likeness (QED) is 0.221. The molecule has 32 heavy (non-hydrogen) atoms. The zero-order valence-electron chi connectivity index (χ0n) is 21.0. The van der Waals surface area contributed by atoms with Gasteiger partial charge in [-0.1, -0.05) is 33.1 Å². The molecule has 7 unspecified atom stereocenters. The summed E-state index contributed by atoms with van der Waals surface area (Å²) >= 11 is 0. The van der Waals surface area contributed by atoms with Crippen LogP contribution in [-0.2, 0) is 19.1 Å². The SMILES string of the molecule is CCCCCC(CC)N1C(=O)C2CCC(CCC3OC3(C)CCC3OC3(C)C)CC2C1=O. The number of nitrogens with zero attached hydrogens (tertiary/aromatic N) is 1. The van der Waals surface area contributed by atoms with Crippen molar-refractivity contribution in [2.24, 2.45) is 17.8 Å². The summed E-state index contributed by atoms with van der Waals surface area (Å²) in [6, 6.07) is 0.103. The summed E-state index contributed by atoms with van der Waals surface area (Å²) in [4.78, 5) is 28.1. The van der Waals surface area contributed by atoms with Gasteiger partial charge in [0.25, 0.3) is 0 Å². The number of amides is 2. The van der Waals surface area contributed by atoms with Crippen LogP contribution in [0.3, 0.4) is 0 Å². The fraction of sp³-hybridized carbons (Fsp3) is 0.926. The third kappa shape index (κ3) is 4.94. The molecule has 0 spiro atoms. The third-order valence-electron chi connectivity index (χ3n) is 8.98. The minimum atomic E-state index is -0.0674. The molecule has 4 fully saturated rings. The number of hydrogen-bond donors (Lipinski definition) is 0. The molecule has 0 radical (unpaired) electrons. The van der Waals surface area contributed by atoms with Gasteiger partial charge in [-0.15, -0.1) is 0 Å². The van der Waals surface area contributed by atoms with Gasteiger partial charge in [-0.25, -0.2) is 0 Å². The molecule has 0 bridgehead atoms. The maximum atomic E-state index is 13.3. The van der Waals surface area contributed by atoms with E-state index in [-0.39, 0.29) is 40.9 Å². The molecule has 1 aliphatic carbocycles. The summed E-state index contributed by atoms with van der Waals surface area (Å²) in [5.74, 6) is 0.690. The summed E-state index contributed by atoms with van der Waals surface area (Å²) in [5, 5.41) is 0. The van der Waals surface area contributed by atoms with Crippen molar-refractivity contribution in [2.75, 3.05) is 0 Å². The van der Waals surface area contributed by atoms with Gasteiger partial charge in [0.1, 0.15) is 0 Å². The molecule has 3 heterocycles. The topological polar surface area (TPSA) is 62.4 Å². The number of likely N-dealkylation sites (tertiary alicyclic amines) is 1. The highest BCUT2D eigenvalue weighted by atomic mass is 16.6. The second-order valence-electron chi connectivity index (χ2n) is 11.7. The standard InChI is InChI=1S/C27H45NO4/c1-6-8-9-10-19(7-2)28-24(29)20-13-11-18(17-21(20)25(28)30)12-14-23-27(5,32-23)16-15-22-26(3,4)31-22/h18-23H,6-17H2,1-5H3. The van der Waals surface area contributed by atoms with E-state index >= 15 is 0 Å². The number of imide groups is 1. The average Bonchev–Trinajstić information content (AvgIpc) is 3.59. The van der Waals surface area contributed by atoms with E-state index in [2.05, 4.69) is 34.6 Å². The fourth-order valence-electron chi connectivity index (χ4n) is 6.48. The van der Waals surface area contributed by atoms with Gasteiger partial charge in [0, 0.05) is 6.04 Å². The number of hydrogen-bond acceptors (Lipinski definition) is 4. The largest absolute Gasteiger partial charge is 0.367 e. The summed E-state index contributed by atoms with van der Waals surface area (Å²) in [6.45, 7) is 10.9. The number of epoxide rings is 2. The smallest absolute Gasteiger partial charge is 0.233 e. The average molecular weight is 448 g/mol. The number of ether oxygens (including phenoxy) is 2. The molecule has 5 nitrogen and oxygen atoms in total. The van der Waals surface area contributed by atoms with Gasteiger partial charge in [0.05, 0.1) is 35.2 Å². The predicted octanol–water partition coefficient (Wildman–Crippen LogP) is 5.64. The van der Waals surface area contributed by atoms with Crippen molar-refractivity contribution >= 4 is 11.8 Å². The van der Waals surface area contributed by atoms with Crippen molar-refractivity contribution in [1.29, 1.82) is 0 Å². The first-order valence-electron chi connectivity index (χ1n) is 13.4. The van der Waals surface area contributed by atoms with Gasteiger partial charge in [0.15, 0.2) is 0 Å². The highest BCUT2D eigenvalue weighted by molar-refractivity contribution is 6.05. The van der Waals surface area contributed by atoms with Crippen LogP contribution in [0.5, 0.6) is 0 Å². The molecule has 7 atom stereocenters. The Balaban J connectivity index is 1.24. The summed E-state index contributed by atoms with van der Waals surface area (Å²) < 4.78 is 11.8. The second kappa shape index (κ2) is 9.37. The minimum absolute atomic E-state index is 0.0159. The molecule has 4 aliphatic rings. The number of rotatable bonds is 12. The third-order valence-corrected chi connectivity index (χ3v) is 8.98. The number of fused-ring (bicyclic) bond motifs is 1. The molecular weight excluding hydrogens is 402 g/mol. The molecule has 5 heteroatoms. The summed E-state index contributed by atoms with van der Waals surface area (Å²) in [6.07, 6.45) is 13.2. The molecule has 0 aromatic rings. The van der Waals surface area contributed by atoms with E-state index in [0.717, 1.165) is 64.2 Å². The highest BCUT2D eigenvalue weighted by Gasteiger charge is 2.55. The first-order chi connectivity index (χ1) is 15.2. The van der Waals surface area contributed by atoms with Crippen LogP contribution in [-0.4, -0.2) is 46.2 Å². The summed E-state index contributed by atoms with van der Waals surface area (Å²) in [5.41, 5.74) is 0.0767. The zero-order chi connectivity index (χ0) is 23.1. The van der Waals surface area contributed by atoms with Crippen LogP contribution in [0.1, 0.15) is 112 Å². The van der Waals surface area contributed by atoms with Crippen molar-refractivity contribution < 1.29 is 19.1 Å². The van der Waals surface area contributed by atoms with Crippen LogP contribution in [0.25, 0.3) is 0 Å². The Morgan fingerprint density at radius 3 is 2.31 bits per heavy atom. The lowest BCUT2D eigenvalue weighted by Gasteiger charge is -2.28. The van der Waals surface area contributed by atoms with Crippen molar-refractivity contribution in [1.82, 2.24) is 4.90 Å². The Morgan fingerprint density at radius 2 is 1.66 bits per heavy atom. The van der Waals surface area contributed by atoms with Crippen LogP contribution in [0.15, 0.2) is 0 Å². The Kier molecular flexibility index (Phi) is 7.08. The fourth-order valence-corrected chi connectivity index (χ4v) is 6.48. The normalized spacial score (nSPS) is 38.7. The van der Waals surface area contributed by atoms with E-state index in [1.165, 1.54) is 12.8 Å². The highest BCUT2D eigenvalue weighted by Crippen LogP contribution is 2.49. The molecule has 2 amide bonds. The lowest BCUT2D eigenvalue weighted by Crippen LogP contribution is -2.40. The van der Waals surface area contributed by atoms with Crippen LogP contribution < -0.4 is 0 Å². The summed E-state index contributed by atoms with van der Waals surface area (Å²) in [7, 11) is 0. The Morgan fingerprint density at radius 1 is 0.938 bits per heavy atom. The van der Waals surface area contributed by atoms with Gasteiger partial charge in [-0.05, 0) is 84.5 Å². The van der Waals surface area contributed by atoms with Crippen LogP contribution in [0, 0.1) is 17.8 Å². The van der Waals surface area contributed by atoms with E-state index in [9.17, 15) is 9.59 Å². The van der Waals surface area contributed by atoms with E-state index < -0.39 is 0 Å². The maximum Gasteiger partial charge on any atom is 0.233 e. The van der Waals surface area contributed by atoms with Gasteiger partial charge >= 0.3 is 0 Å². The van der Waals surface area contributed by atoms with Crippen molar-refractivity contribution in [2.45, 2.75) is 141 Å². The Labute approximate surface area is 195 Å². The first-order valence-corrected chi connectivity index (χ1v) is 13.4. The molecule has 0 N–H and O–H groups in total. The molecule has 0 aromatic heterocycles. The minimum Gasteiger partial charge on any atom is -0.367 e. The number of carbonyl (C=O) groups excluding carboxylic acids is 2. The maximum absolute atomic E-state index is 13.3. The Hall–Kier alpha value is -0.940. The molecule has 182 valence electrons. The van der Waals surface area contributed by atoms with Crippen molar-refractivity contribution in [3.8, 4) is 0 Å². The number of carbonyl (C=O) groups is 2. The Bertz CT molecular complexity index is 706. The lowest BCUT2D eigenvalue weighted by atomic mass is 9.73. The van der Waals surface area contributed by atoms with Gasteiger partial charge in [-0.3, -0.25) is 14.5 Å². The van der Waals surface area contributed by atoms with Gasteiger partial charge in [-0.2, -0.15) is 0 Å². The van der Waals surface area contributed by atoms with Crippen molar-refractivity contribution in [3.05, 3.63) is 0 Å². The van der Waals surface area contributed by atoms with Crippen LogP contribution in [0.2, 0.25) is 0 Å². The van der Waals surface area contributed by atoms with Gasteiger partial charge < -0.3 is 9.47 Å². The van der Waals surface area contributed by atoms with E-state index in [1.54, 1.807) is 4.90 Å². The second-order valence-corrected chi connectivity index (χ2v) is 11.7. The molecule has 3 aliphatic heterocycles. The predicted molar refractivity (Wildman–Crippen MR) is 125 cm³/mol. The number of unbranched alkanes of at least 4 members (excludes halogenated alkanes) is 2. The zero-order valence-corrected chi connectivity index (χ0v) is 21.0. The van der Waals surface area contributed by atoms with E-state index in [4.69, 9.17) is 9.47 Å². The van der Waals surface area contributed by atoms with E-state index in [1.807, 2.05) is 0 Å². The molecule has 4 rings (SSSR count). The molecule has 3 saturated heterocycles. The molecule has 1 saturated carbocycles. The monoisotopic (exact) mass is 447 g/mol.